The van der Waals surface area contributed by atoms with E-state index < -0.39 is 95.4 Å². The van der Waals surface area contributed by atoms with Crippen molar-refractivity contribution < 1.29 is 110 Å². The van der Waals surface area contributed by atoms with Crippen LogP contribution < -0.4 is 26.8 Å². The molecule has 2 saturated heterocycles. The van der Waals surface area contributed by atoms with Gasteiger partial charge in [0, 0.05) is 107 Å². The number of aliphatic hydroxyl groups is 3. The summed E-state index contributed by atoms with van der Waals surface area (Å²) in [6.07, 6.45) is 18.1. The number of hydrogen-bond donors (Lipinski definition) is 8. The number of nitrogens with one attached hydrogen (secondary N) is 3. The number of rotatable bonds is 42. The number of hydrogen-bond acceptors (Lipinski definition) is 30. The Morgan fingerprint density at radius 3 is 2.13 bits per heavy atom. The number of aromatic amines is 1. The largest absolute Gasteiger partial charge is 0.495 e. The average molecular weight is 1840 g/mol. The number of cyclic esters (lactones) is 1. The minimum Gasteiger partial charge on any atom is -0.495 e. The standard InChI is InChI=1S/C95H143N13O23/c1-61-18-11-10-12-19-62(2)79(120-8)57-72-30-24-66(6)95(118,131-72)89(114)93(116)107-35-15-13-22-75(107)94(117)130-80(58-76(109)63(3)53-65(5)87(112)88(113)86(111)64(4)52-61)73(96)54-67-25-31-77(81(55-67)121-9)129-37-16-14-21-71-59-106(105-104-71)36-41-125-45-49-128-51-50-126-46-42-122-38-32-82(110)98-33-39-123-43-47-127-48-44-124-40-34-99-92(115)69-28-26-68(27-29-69)91-103-84(85-90(97)100-60-101-108(85)91)74-56-70-20-17-23-78(119-7)83(70)102-74/h10-12,17-20,23,53,56,59-61,63-64,66-69,72-73,75,77,79-81,87-88,102,112-113,118H,13-16,21-22,24-52,54-55,57-58,96H2,1-9H3,(H,98,110)(H,99,115)(H2,97,100,101)/b12-10+,18-11+,62-19+,65-53+/t61-,63-,64-,66-,67+,68?,69?,72+,73-,75+,77-,79+,80+,81-,87-,88+,95-/m1/s1. The first-order chi connectivity index (χ1) is 63.3. The average Bonchev–Trinajstić information content (AvgIpc) is 1.68. The van der Waals surface area contributed by atoms with Gasteiger partial charge in [0.15, 0.2) is 11.6 Å². The zero-order chi connectivity index (χ0) is 93.8. The normalized spacial score (nSPS) is 27.8. The second kappa shape index (κ2) is 54.0. The number of aryl methyl sites for hydroxylation is 1. The summed E-state index contributed by atoms with van der Waals surface area (Å²) in [6, 6.07) is 5.74. The number of H-pyrrole nitrogens is 1. The van der Waals surface area contributed by atoms with Crippen LogP contribution in [0.15, 0.2) is 84.4 Å². The highest BCUT2D eigenvalue weighted by molar-refractivity contribution is 6.39. The number of aliphatic hydroxyl groups excluding tert-OH is 2. The number of para-hydroxylation sites is 1. The van der Waals surface area contributed by atoms with Gasteiger partial charge < -0.3 is 109 Å². The molecule has 726 valence electrons. The summed E-state index contributed by atoms with van der Waals surface area (Å²) in [6.45, 7) is 17.3. The van der Waals surface area contributed by atoms with Crippen molar-refractivity contribution in [3.8, 4) is 17.1 Å². The van der Waals surface area contributed by atoms with Crippen molar-refractivity contribution in [2.24, 2.45) is 41.2 Å². The summed E-state index contributed by atoms with van der Waals surface area (Å²) in [7, 11) is 4.84. The molecule has 5 aliphatic rings. The maximum Gasteiger partial charge on any atom is 0.329 e. The molecular formula is C95H143N13O23. The van der Waals surface area contributed by atoms with Gasteiger partial charge in [-0.3, -0.25) is 28.8 Å². The van der Waals surface area contributed by atoms with Crippen molar-refractivity contribution in [2.45, 2.75) is 243 Å². The maximum absolute atomic E-state index is 14.7. The molecule has 3 amide bonds. The Morgan fingerprint density at radius 2 is 1.43 bits per heavy atom. The molecule has 15 atom stereocenters. The zero-order valence-electron chi connectivity index (χ0n) is 78.0. The first-order valence-corrected chi connectivity index (χ1v) is 46.9. The van der Waals surface area contributed by atoms with Crippen molar-refractivity contribution in [2.75, 3.05) is 146 Å². The molecule has 7 heterocycles. The maximum atomic E-state index is 14.7. The van der Waals surface area contributed by atoms with E-state index >= 15 is 0 Å². The number of allylic oxidation sites excluding steroid dienone is 6. The highest BCUT2D eigenvalue weighted by Crippen LogP contribution is 2.42. The number of amides is 3. The van der Waals surface area contributed by atoms with Crippen LogP contribution in [0.3, 0.4) is 0 Å². The number of nitrogens with two attached hydrogens (primary N) is 2. The first-order valence-electron chi connectivity index (χ1n) is 46.9. The smallest absolute Gasteiger partial charge is 0.329 e. The Kier molecular flexibility index (Phi) is 43.0. The van der Waals surface area contributed by atoms with Gasteiger partial charge in [-0.25, -0.2) is 24.0 Å². The second-order valence-corrected chi connectivity index (χ2v) is 35.4. The number of anilines is 1. The van der Waals surface area contributed by atoms with Crippen LogP contribution in [-0.2, 0) is 103 Å². The summed E-state index contributed by atoms with van der Waals surface area (Å²) in [5, 5.41) is 54.7. The summed E-state index contributed by atoms with van der Waals surface area (Å²) in [5.41, 5.74) is 18.3. The van der Waals surface area contributed by atoms with E-state index in [1.165, 1.54) is 19.3 Å². The molecule has 4 aromatic heterocycles. The highest BCUT2D eigenvalue weighted by atomic mass is 16.6. The monoisotopic (exact) mass is 1830 g/mol. The number of benzene rings is 1. The molecule has 10 N–H and O–H groups in total. The number of nitrogen functional groups attached to an aromatic ring is 1. The van der Waals surface area contributed by atoms with E-state index in [0.29, 0.717) is 193 Å². The Morgan fingerprint density at radius 1 is 0.733 bits per heavy atom. The molecule has 3 aliphatic heterocycles. The fourth-order valence-electron chi connectivity index (χ4n) is 17.9. The molecule has 36 nitrogen and oxygen atoms in total. The van der Waals surface area contributed by atoms with Gasteiger partial charge in [0.05, 0.1) is 147 Å². The molecule has 10 rings (SSSR count). The Balaban J connectivity index is 0.536. The quantitative estimate of drug-likeness (QED) is 0.00801. The molecule has 0 spiro atoms. The number of piperidine rings is 1. The molecule has 1 aromatic carbocycles. The SMILES string of the molecule is COc1cccc2cc(-c3nc(C4CCC(C(=O)NCCOCCOCCOCCNC(=O)CCOCCOCCOCCOCCn5cc(CCCCO[C@@H]6CC[C@@H](C[C@@H](N)[C@@H]7CC(=O)[C@H](C)/C=C(\C)[C@@H](O)[C@@H](O)C(=O)[C@H](C)C[C@H](C)/C=C/C=C/C=C(\C)[C@@H](OC)C[C@@H]8CC[C@@H](C)[C@@](O)(O8)C(=O)C(=O)N8CCCC[C@H]8C(=O)O7)C[C@H]6OC)nn5)CC4)n4ncnc(N)c34)[nH]c12. The van der Waals surface area contributed by atoms with Crippen molar-refractivity contribution in [3.05, 3.63) is 95.9 Å². The molecular weight excluding hydrogens is 1690 g/mol. The third-order valence-corrected chi connectivity index (χ3v) is 25.7. The number of ether oxygens (including phenoxy) is 13. The number of carbonyl (C=O) groups excluding carboxylic acids is 7. The first kappa shape index (κ1) is 104. The van der Waals surface area contributed by atoms with Gasteiger partial charge in [0.1, 0.15) is 59.2 Å². The Hall–Kier alpha value is -8.70. The number of ketones is 3. The van der Waals surface area contributed by atoms with E-state index in [1.807, 2.05) is 74.7 Å². The third-order valence-electron chi connectivity index (χ3n) is 25.7. The van der Waals surface area contributed by atoms with Gasteiger partial charge in [0.25, 0.3) is 11.7 Å². The fraction of sp³-hybridized carbons (Fsp3) is 0.684. The topological polar surface area (TPSA) is 469 Å². The summed E-state index contributed by atoms with van der Waals surface area (Å²) in [5.74, 6) is -7.20. The fourth-order valence-corrected chi connectivity index (χ4v) is 17.9. The number of carbonyl (C=O) groups is 7. The van der Waals surface area contributed by atoms with Gasteiger partial charge in [-0.05, 0) is 158 Å². The second-order valence-electron chi connectivity index (χ2n) is 35.4. The Labute approximate surface area is 768 Å². The summed E-state index contributed by atoms with van der Waals surface area (Å²) < 4.78 is 79.4. The van der Waals surface area contributed by atoms with Crippen LogP contribution in [0.2, 0.25) is 0 Å². The highest BCUT2D eigenvalue weighted by Gasteiger charge is 2.53. The van der Waals surface area contributed by atoms with Crippen LogP contribution in [0, 0.1) is 35.5 Å². The number of aromatic nitrogens is 8. The molecule has 131 heavy (non-hydrogen) atoms. The summed E-state index contributed by atoms with van der Waals surface area (Å²) in [4.78, 5) is 111. The predicted molar refractivity (Wildman–Crippen MR) is 486 cm³/mol. The van der Waals surface area contributed by atoms with Gasteiger partial charge in [-0.2, -0.15) is 5.10 Å². The molecule has 0 radical (unpaired) electrons. The number of nitrogens with zero attached hydrogens (tertiary/aromatic N) is 8. The Bertz CT molecular complexity index is 4540. The molecule has 2 saturated carbocycles. The van der Waals surface area contributed by atoms with Crippen LogP contribution >= 0.6 is 0 Å². The van der Waals surface area contributed by atoms with Crippen LogP contribution in [0.25, 0.3) is 27.8 Å². The third kappa shape index (κ3) is 31.2. The number of fused-ring (bicyclic) bond motifs is 5. The van der Waals surface area contributed by atoms with Crippen molar-refractivity contribution in [1.29, 1.82) is 0 Å². The minimum absolute atomic E-state index is 0.0192. The number of unbranched alkanes of at least 4 members (excludes halogenated alkanes) is 1. The van der Waals surface area contributed by atoms with Gasteiger partial charge in [-0.15, -0.1) is 5.10 Å². The van der Waals surface area contributed by atoms with E-state index in [1.54, 1.807) is 51.3 Å². The van der Waals surface area contributed by atoms with Crippen LogP contribution in [0.1, 0.15) is 181 Å². The van der Waals surface area contributed by atoms with E-state index in [2.05, 4.69) is 36.0 Å². The number of Topliss-reactive ketones (excluding diaryl/α,β-unsaturated/α-hetero) is 3. The summed E-state index contributed by atoms with van der Waals surface area (Å²) >= 11 is 0. The van der Waals surface area contributed by atoms with Crippen molar-refractivity contribution in [1.82, 2.24) is 55.1 Å². The van der Waals surface area contributed by atoms with Crippen LogP contribution in [0.5, 0.6) is 5.75 Å². The van der Waals surface area contributed by atoms with E-state index in [9.17, 15) is 48.9 Å². The van der Waals surface area contributed by atoms with Crippen molar-refractivity contribution in [3.63, 3.8) is 0 Å². The lowest BCUT2D eigenvalue weighted by Gasteiger charge is -2.42. The van der Waals surface area contributed by atoms with E-state index in [0.717, 1.165) is 82.9 Å². The van der Waals surface area contributed by atoms with E-state index in [-0.39, 0.29) is 92.1 Å². The van der Waals surface area contributed by atoms with Crippen molar-refractivity contribution >= 4 is 63.3 Å². The lowest BCUT2D eigenvalue weighted by Crippen LogP contribution is -2.61. The number of esters is 1. The number of methoxy groups -OCH3 is 3. The van der Waals surface area contributed by atoms with Crippen LogP contribution in [-0.4, -0.2) is 301 Å². The lowest BCUT2D eigenvalue weighted by atomic mass is 9.80. The zero-order valence-corrected chi connectivity index (χ0v) is 78.0. The lowest BCUT2D eigenvalue weighted by molar-refractivity contribution is -0.265. The molecule has 2 aliphatic carbocycles. The van der Waals surface area contributed by atoms with Gasteiger partial charge in [-0.1, -0.05) is 81.5 Å². The number of imidazole rings is 1. The minimum atomic E-state index is -2.49. The van der Waals surface area contributed by atoms with Gasteiger partial charge in [0.2, 0.25) is 17.6 Å². The molecule has 5 aromatic rings. The van der Waals surface area contributed by atoms with E-state index in [4.69, 9.17) is 78.0 Å². The van der Waals surface area contributed by atoms with Crippen LogP contribution in [0.4, 0.5) is 5.82 Å². The van der Waals surface area contributed by atoms with Gasteiger partial charge >= 0.3 is 5.97 Å². The molecule has 4 fully saturated rings. The molecule has 36 heteroatoms. The predicted octanol–water partition coefficient (Wildman–Crippen LogP) is 7.75. The molecule has 0 unspecified atom stereocenters. The molecule has 2 bridgehead atoms.